The van der Waals surface area contributed by atoms with Crippen LogP contribution in [0, 0.1) is 13.8 Å². The Hall–Kier alpha value is -2.43. The third-order valence-corrected chi connectivity index (χ3v) is 3.31. The summed E-state index contributed by atoms with van der Waals surface area (Å²) in [4.78, 5) is 15.7. The van der Waals surface area contributed by atoms with Crippen LogP contribution in [0.25, 0.3) is 11.2 Å². The standard InChI is InChI=1S/C14H15N5/c1-8-3-4-10(5-9(8)2)6-11-18-12-13(15)16-7-17-14(12)19-11/h3-5,7H,6H2,1-2H3,(H3,15,16,17,18,19). The van der Waals surface area contributed by atoms with Gasteiger partial charge in [0.15, 0.2) is 11.5 Å². The fourth-order valence-corrected chi connectivity index (χ4v) is 2.08. The van der Waals surface area contributed by atoms with Crippen molar-refractivity contribution in [3.63, 3.8) is 0 Å². The number of imidazole rings is 1. The maximum Gasteiger partial charge on any atom is 0.183 e. The lowest BCUT2D eigenvalue weighted by Gasteiger charge is -2.03. The van der Waals surface area contributed by atoms with Crippen molar-refractivity contribution < 1.29 is 0 Å². The second-order valence-corrected chi connectivity index (χ2v) is 4.74. The van der Waals surface area contributed by atoms with Crippen molar-refractivity contribution in [2.45, 2.75) is 20.3 Å². The number of hydrogen-bond donors (Lipinski definition) is 2. The van der Waals surface area contributed by atoms with Gasteiger partial charge in [-0.05, 0) is 30.5 Å². The molecule has 0 bridgehead atoms. The molecule has 2 heterocycles. The second-order valence-electron chi connectivity index (χ2n) is 4.74. The summed E-state index contributed by atoms with van der Waals surface area (Å²) in [6.07, 6.45) is 2.16. The number of nitrogens with two attached hydrogens (primary N) is 1. The minimum Gasteiger partial charge on any atom is -0.382 e. The lowest BCUT2D eigenvalue weighted by Crippen LogP contribution is -1.93. The van der Waals surface area contributed by atoms with E-state index in [1.54, 1.807) is 0 Å². The largest absolute Gasteiger partial charge is 0.382 e. The van der Waals surface area contributed by atoms with Crippen LogP contribution in [0.15, 0.2) is 24.5 Å². The number of aromatic nitrogens is 4. The predicted octanol–water partition coefficient (Wildman–Crippen LogP) is 2.14. The molecule has 0 aliphatic heterocycles. The fourth-order valence-electron chi connectivity index (χ4n) is 2.08. The molecule has 96 valence electrons. The molecule has 5 nitrogen and oxygen atoms in total. The lowest BCUT2D eigenvalue weighted by atomic mass is 10.0. The number of anilines is 1. The summed E-state index contributed by atoms with van der Waals surface area (Å²) in [5, 5.41) is 0. The number of hydrogen-bond acceptors (Lipinski definition) is 4. The molecule has 5 heteroatoms. The first-order valence-electron chi connectivity index (χ1n) is 6.14. The molecular formula is C14H15N5. The molecule has 0 aliphatic carbocycles. The van der Waals surface area contributed by atoms with Crippen molar-refractivity contribution in [3.8, 4) is 0 Å². The van der Waals surface area contributed by atoms with Gasteiger partial charge in [0, 0.05) is 6.42 Å². The van der Waals surface area contributed by atoms with Gasteiger partial charge in [0.05, 0.1) is 0 Å². The van der Waals surface area contributed by atoms with Crippen molar-refractivity contribution in [1.82, 2.24) is 19.9 Å². The molecule has 0 amide bonds. The lowest BCUT2D eigenvalue weighted by molar-refractivity contribution is 1.03. The van der Waals surface area contributed by atoms with Crippen LogP contribution < -0.4 is 5.73 Å². The Morgan fingerprint density at radius 3 is 2.74 bits per heavy atom. The average Bonchev–Trinajstić information content (AvgIpc) is 2.78. The molecule has 0 aliphatic rings. The van der Waals surface area contributed by atoms with E-state index in [9.17, 15) is 0 Å². The Kier molecular flexibility index (Phi) is 2.67. The Labute approximate surface area is 110 Å². The molecule has 2 aromatic heterocycles. The quantitative estimate of drug-likeness (QED) is 0.733. The maximum absolute atomic E-state index is 5.78. The molecule has 3 rings (SSSR count). The summed E-state index contributed by atoms with van der Waals surface area (Å²) in [6, 6.07) is 6.42. The third-order valence-electron chi connectivity index (χ3n) is 3.31. The SMILES string of the molecule is Cc1ccc(Cc2nc3ncnc(N)c3[nH]2)cc1C. The summed E-state index contributed by atoms with van der Waals surface area (Å²) in [7, 11) is 0. The monoisotopic (exact) mass is 253 g/mol. The number of benzene rings is 1. The first-order valence-corrected chi connectivity index (χ1v) is 6.14. The van der Waals surface area contributed by atoms with E-state index in [1.807, 2.05) is 0 Å². The van der Waals surface area contributed by atoms with Gasteiger partial charge in [0.1, 0.15) is 17.7 Å². The second kappa shape index (κ2) is 4.35. The number of aryl methyl sites for hydroxylation is 2. The number of nitrogen functional groups attached to an aromatic ring is 1. The number of nitrogens with one attached hydrogen (secondary N) is 1. The van der Waals surface area contributed by atoms with Gasteiger partial charge in [-0.3, -0.25) is 0 Å². The van der Waals surface area contributed by atoms with Gasteiger partial charge >= 0.3 is 0 Å². The smallest absolute Gasteiger partial charge is 0.183 e. The van der Waals surface area contributed by atoms with Crippen molar-refractivity contribution in [1.29, 1.82) is 0 Å². The van der Waals surface area contributed by atoms with E-state index in [4.69, 9.17) is 5.73 Å². The van der Waals surface area contributed by atoms with Crippen LogP contribution in [0.3, 0.4) is 0 Å². The molecule has 0 radical (unpaired) electrons. The highest BCUT2D eigenvalue weighted by molar-refractivity contribution is 5.81. The van der Waals surface area contributed by atoms with E-state index >= 15 is 0 Å². The normalized spacial score (nSPS) is 11.1. The Morgan fingerprint density at radius 1 is 1.16 bits per heavy atom. The zero-order chi connectivity index (χ0) is 13.4. The number of aromatic amines is 1. The summed E-state index contributed by atoms with van der Waals surface area (Å²) in [6.45, 7) is 4.22. The molecule has 0 atom stereocenters. The van der Waals surface area contributed by atoms with Crippen LogP contribution in [0.4, 0.5) is 5.82 Å². The molecule has 0 spiro atoms. The van der Waals surface area contributed by atoms with E-state index in [-0.39, 0.29) is 0 Å². The molecule has 0 unspecified atom stereocenters. The summed E-state index contributed by atoms with van der Waals surface area (Å²) >= 11 is 0. The topological polar surface area (TPSA) is 80.5 Å². The van der Waals surface area contributed by atoms with Crippen LogP contribution in [0.5, 0.6) is 0 Å². The van der Waals surface area contributed by atoms with Gasteiger partial charge < -0.3 is 10.7 Å². The third kappa shape index (κ3) is 2.14. The number of H-pyrrole nitrogens is 1. The van der Waals surface area contributed by atoms with E-state index in [0.717, 1.165) is 12.2 Å². The average molecular weight is 253 g/mol. The van der Waals surface area contributed by atoms with Crippen LogP contribution >= 0.6 is 0 Å². The van der Waals surface area contributed by atoms with Crippen LogP contribution in [0.1, 0.15) is 22.5 Å². The Bertz CT molecular complexity index is 745. The molecule has 1 aromatic carbocycles. The highest BCUT2D eigenvalue weighted by atomic mass is 15.0. The van der Waals surface area contributed by atoms with Gasteiger partial charge in [0.25, 0.3) is 0 Å². The van der Waals surface area contributed by atoms with Gasteiger partial charge in [-0.2, -0.15) is 0 Å². The van der Waals surface area contributed by atoms with E-state index in [1.165, 1.54) is 23.0 Å². The minimum absolute atomic E-state index is 0.434. The molecule has 0 saturated heterocycles. The molecule has 0 fully saturated rings. The highest BCUT2D eigenvalue weighted by Gasteiger charge is 2.08. The molecule has 3 aromatic rings. The Balaban J connectivity index is 1.96. The van der Waals surface area contributed by atoms with Crippen molar-refractivity contribution >= 4 is 17.0 Å². The first kappa shape index (κ1) is 11.6. The van der Waals surface area contributed by atoms with E-state index in [2.05, 4.69) is 52.0 Å². The van der Waals surface area contributed by atoms with E-state index < -0.39 is 0 Å². The minimum atomic E-state index is 0.434. The molecule has 3 N–H and O–H groups in total. The zero-order valence-electron chi connectivity index (χ0n) is 10.9. The number of fused-ring (bicyclic) bond motifs is 1. The Morgan fingerprint density at radius 2 is 2.00 bits per heavy atom. The first-order chi connectivity index (χ1) is 9.13. The van der Waals surface area contributed by atoms with Crippen LogP contribution in [0.2, 0.25) is 0 Å². The summed E-state index contributed by atoms with van der Waals surface area (Å²) in [5.41, 5.74) is 10.9. The summed E-state index contributed by atoms with van der Waals surface area (Å²) in [5.74, 6) is 1.29. The number of rotatable bonds is 2. The van der Waals surface area contributed by atoms with Gasteiger partial charge in [-0.1, -0.05) is 18.2 Å². The predicted molar refractivity (Wildman–Crippen MR) is 74.8 cm³/mol. The fraction of sp³-hybridized carbons (Fsp3) is 0.214. The molecule has 0 saturated carbocycles. The zero-order valence-corrected chi connectivity index (χ0v) is 10.9. The molecule has 19 heavy (non-hydrogen) atoms. The van der Waals surface area contributed by atoms with Crippen LogP contribution in [-0.4, -0.2) is 19.9 Å². The van der Waals surface area contributed by atoms with Crippen LogP contribution in [-0.2, 0) is 6.42 Å². The highest BCUT2D eigenvalue weighted by Crippen LogP contribution is 2.17. The van der Waals surface area contributed by atoms with Crippen molar-refractivity contribution in [2.24, 2.45) is 0 Å². The summed E-state index contributed by atoms with van der Waals surface area (Å²) < 4.78 is 0. The van der Waals surface area contributed by atoms with Gasteiger partial charge in [0.2, 0.25) is 0 Å². The van der Waals surface area contributed by atoms with Crippen molar-refractivity contribution in [3.05, 3.63) is 47.0 Å². The van der Waals surface area contributed by atoms with Gasteiger partial charge in [-0.15, -0.1) is 0 Å². The van der Waals surface area contributed by atoms with E-state index in [0.29, 0.717) is 17.0 Å². The maximum atomic E-state index is 5.78. The number of nitrogens with zero attached hydrogens (tertiary/aromatic N) is 3. The van der Waals surface area contributed by atoms with Crippen molar-refractivity contribution in [2.75, 3.05) is 5.73 Å². The van der Waals surface area contributed by atoms with Gasteiger partial charge in [-0.25, -0.2) is 15.0 Å². The molecular weight excluding hydrogens is 238 g/mol.